The van der Waals surface area contributed by atoms with Crippen molar-refractivity contribution in [3.8, 4) is 5.75 Å². The van der Waals surface area contributed by atoms with Crippen molar-refractivity contribution in [1.82, 2.24) is 4.57 Å². The number of aromatic nitrogens is 1. The quantitative estimate of drug-likeness (QED) is 0.892. The molecule has 0 bridgehead atoms. The van der Waals surface area contributed by atoms with Crippen molar-refractivity contribution in [3.05, 3.63) is 40.2 Å². The highest BCUT2D eigenvalue weighted by atomic mass is 16.5. The number of pyridine rings is 1. The van der Waals surface area contributed by atoms with Gasteiger partial charge < -0.3 is 15.0 Å². The van der Waals surface area contributed by atoms with Crippen LogP contribution in [0.1, 0.15) is 12.0 Å². The lowest BCUT2D eigenvalue weighted by Crippen LogP contribution is -2.12. The first-order valence-electron chi connectivity index (χ1n) is 6.05. The molecule has 1 aromatic carbocycles. The molecule has 0 saturated heterocycles. The molecule has 2 N–H and O–H groups in total. The molecule has 2 aromatic rings. The van der Waals surface area contributed by atoms with Crippen molar-refractivity contribution in [2.45, 2.75) is 19.9 Å². The van der Waals surface area contributed by atoms with E-state index < -0.39 is 0 Å². The molecular weight excluding hydrogens is 228 g/mol. The lowest BCUT2D eigenvalue weighted by atomic mass is 10.1. The largest absolute Gasteiger partial charge is 0.497 e. The van der Waals surface area contributed by atoms with Crippen LogP contribution >= 0.6 is 0 Å². The molecule has 0 aliphatic rings. The van der Waals surface area contributed by atoms with Gasteiger partial charge in [-0.25, -0.2) is 0 Å². The van der Waals surface area contributed by atoms with E-state index in [4.69, 9.17) is 10.5 Å². The molecule has 0 radical (unpaired) electrons. The molecule has 1 heterocycles. The first-order valence-corrected chi connectivity index (χ1v) is 6.05. The summed E-state index contributed by atoms with van der Waals surface area (Å²) in [4.78, 5) is 11.9. The van der Waals surface area contributed by atoms with E-state index in [2.05, 4.69) is 4.57 Å². The normalized spacial score (nSPS) is 10.8. The third-order valence-corrected chi connectivity index (χ3v) is 3.07. The number of hydrogen-bond acceptors (Lipinski definition) is 3. The van der Waals surface area contributed by atoms with Crippen LogP contribution in [0, 0.1) is 6.92 Å². The van der Waals surface area contributed by atoms with Gasteiger partial charge in [-0.1, -0.05) is 0 Å². The molecule has 0 unspecified atom stereocenters. The molecule has 4 nitrogen and oxygen atoms in total. The third-order valence-electron chi connectivity index (χ3n) is 3.07. The number of methoxy groups -OCH3 is 1. The predicted molar refractivity (Wildman–Crippen MR) is 73.2 cm³/mol. The van der Waals surface area contributed by atoms with Gasteiger partial charge in [0.05, 0.1) is 12.6 Å². The Morgan fingerprint density at radius 2 is 2.17 bits per heavy atom. The zero-order chi connectivity index (χ0) is 13.1. The summed E-state index contributed by atoms with van der Waals surface area (Å²) in [5.41, 5.74) is 7.57. The summed E-state index contributed by atoms with van der Waals surface area (Å²) < 4.78 is 7.29. The van der Waals surface area contributed by atoms with E-state index in [1.165, 1.54) is 0 Å². The van der Waals surface area contributed by atoms with Crippen LogP contribution in [0.4, 0.5) is 0 Å². The Bertz CT molecular complexity index is 617. The second-order valence-corrected chi connectivity index (χ2v) is 4.36. The van der Waals surface area contributed by atoms with Gasteiger partial charge in [0.1, 0.15) is 5.75 Å². The number of nitrogens with zero attached hydrogens (tertiary/aromatic N) is 1. The highest BCUT2D eigenvalue weighted by molar-refractivity contribution is 5.83. The molecule has 0 spiro atoms. The van der Waals surface area contributed by atoms with E-state index in [9.17, 15) is 4.79 Å². The van der Waals surface area contributed by atoms with Gasteiger partial charge >= 0.3 is 0 Å². The van der Waals surface area contributed by atoms with Gasteiger partial charge in [-0.2, -0.15) is 0 Å². The summed E-state index contributed by atoms with van der Waals surface area (Å²) in [5.74, 6) is 0.716. The maximum atomic E-state index is 11.9. The standard InChI is InChI=1S/C14H18N2O2/c1-10-8-11(18-2)9-12-13(17)4-7-16(14(10)12)6-3-5-15/h4,7-9H,3,5-6,15H2,1-2H3. The Kier molecular flexibility index (Phi) is 3.67. The van der Waals surface area contributed by atoms with Crippen LogP contribution in [-0.2, 0) is 6.54 Å². The summed E-state index contributed by atoms with van der Waals surface area (Å²) in [7, 11) is 1.61. The van der Waals surface area contributed by atoms with Crippen molar-refractivity contribution in [1.29, 1.82) is 0 Å². The molecule has 1 aromatic heterocycles. The molecule has 4 heteroatoms. The van der Waals surface area contributed by atoms with Gasteiger partial charge in [0, 0.05) is 24.2 Å². The smallest absolute Gasteiger partial charge is 0.189 e. The van der Waals surface area contributed by atoms with E-state index in [0.29, 0.717) is 17.7 Å². The fourth-order valence-corrected chi connectivity index (χ4v) is 2.20. The Morgan fingerprint density at radius 1 is 1.39 bits per heavy atom. The van der Waals surface area contributed by atoms with E-state index in [1.807, 2.05) is 19.2 Å². The van der Waals surface area contributed by atoms with Crippen LogP contribution in [0.3, 0.4) is 0 Å². The first kappa shape index (κ1) is 12.6. The van der Waals surface area contributed by atoms with Crippen LogP contribution in [0.5, 0.6) is 5.75 Å². The van der Waals surface area contributed by atoms with Gasteiger partial charge in [-0.15, -0.1) is 0 Å². The molecule has 0 fully saturated rings. The monoisotopic (exact) mass is 246 g/mol. The Morgan fingerprint density at radius 3 is 2.83 bits per heavy atom. The van der Waals surface area contributed by atoms with Gasteiger partial charge in [-0.3, -0.25) is 4.79 Å². The summed E-state index contributed by atoms with van der Waals surface area (Å²) in [6.07, 6.45) is 2.73. The SMILES string of the molecule is COc1cc(C)c2c(c1)c(=O)ccn2CCCN. The van der Waals surface area contributed by atoms with Crippen LogP contribution in [-0.4, -0.2) is 18.2 Å². The highest BCUT2D eigenvalue weighted by Gasteiger charge is 2.08. The molecule has 96 valence electrons. The molecule has 18 heavy (non-hydrogen) atoms. The first-order chi connectivity index (χ1) is 8.67. The number of hydrogen-bond donors (Lipinski definition) is 1. The van der Waals surface area contributed by atoms with Crippen LogP contribution in [0.2, 0.25) is 0 Å². The number of rotatable bonds is 4. The number of aryl methyl sites for hydroxylation is 2. The zero-order valence-electron chi connectivity index (χ0n) is 10.8. The summed E-state index contributed by atoms with van der Waals surface area (Å²) in [6, 6.07) is 5.34. The van der Waals surface area contributed by atoms with Gasteiger partial charge in [0.25, 0.3) is 0 Å². The van der Waals surface area contributed by atoms with Crippen molar-refractivity contribution in [3.63, 3.8) is 0 Å². The van der Waals surface area contributed by atoms with E-state index in [0.717, 1.165) is 24.0 Å². The number of fused-ring (bicyclic) bond motifs is 1. The molecule has 2 rings (SSSR count). The Balaban J connectivity index is 2.68. The third kappa shape index (κ3) is 2.24. The summed E-state index contributed by atoms with van der Waals surface area (Å²) in [5, 5.41) is 0.700. The average molecular weight is 246 g/mol. The lowest BCUT2D eigenvalue weighted by molar-refractivity contribution is 0.415. The second kappa shape index (κ2) is 5.23. The van der Waals surface area contributed by atoms with Gasteiger partial charge in [0.2, 0.25) is 0 Å². The zero-order valence-corrected chi connectivity index (χ0v) is 10.8. The summed E-state index contributed by atoms with van der Waals surface area (Å²) >= 11 is 0. The van der Waals surface area contributed by atoms with E-state index >= 15 is 0 Å². The number of nitrogens with two attached hydrogens (primary N) is 1. The number of benzene rings is 1. The van der Waals surface area contributed by atoms with Crippen molar-refractivity contribution < 1.29 is 4.74 Å². The maximum absolute atomic E-state index is 11.9. The highest BCUT2D eigenvalue weighted by Crippen LogP contribution is 2.22. The average Bonchev–Trinajstić information content (AvgIpc) is 2.38. The van der Waals surface area contributed by atoms with Crippen LogP contribution in [0.25, 0.3) is 10.9 Å². The maximum Gasteiger partial charge on any atom is 0.189 e. The van der Waals surface area contributed by atoms with E-state index in [1.54, 1.807) is 19.2 Å². The van der Waals surface area contributed by atoms with Gasteiger partial charge in [0.15, 0.2) is 5.43 Å². The van der Waals surface area contributed by atoms with Crippen molar-refractivity contribution >= 4 is 10.9 Å². The number of ether oxygens (including phenoxy) is 1. The summed E-state index contributed by atoms with van der Waals surface area (Å²) in [6.45, 7) is 3.45. The fraction of sp³-hybridized carbons (Fsp3) is 0.357. The lowest BCUT2D eigenvalue weighted by Gasteiger charge is -2.13. The Labute approximate surface area is 106 Å². The van der Waals surface area contributed by atoms with Gasteiger partial charge in [-0.05, 0) is 37.6 Å². The molecule has 0 aliphatic carbocycles. The molecule has 0 aliphatic heterocycles. The van der Waals surface area contributed by atoms with Crippen LogP contribution < -0.4 is 15.9 Å². The minimum atomic E-state index is 0.0241. The minimum Gasteiger partial charge on any atom is -0.497 e. The fourth-order valence-electron chi connectivity index (χ4n) is 2.20. The molecule has 0 atom stereocenters. The minimum absolute atomic E-state index is 0.0241. The Hall–Kier alpha value is -1.81. The predicted octanol–water partition coefficient (Wildman–Crippen LogP) is 1.67. The molecular formula is C14H18N2O2. The van der Waals surface area contributed by atoms with E-state index in [-0.39, 0.29) is 5.43 Å². The van der Waals surface area contributed by atoms with Crippen LogP contribution in [0.15, 0.2) is 29.2 Å². The van der Waals surface area contributed by atoms with Crippen molar-refractivity contribution in [2.24, 2.45) is 5.73 Å². The molecule has 0 amide bonds. The van der Waals surface area contributed by atoms with Crippen molar-refractivity contribution in [2.75, 3.05) is 13.7 Å². The molecule has 0 saturated carbocycles. The second-order valence-electron chi connectivity index (χ2n) is 4.36. The topological polar surface area (TPSA) is 57.2 Å².